The molecule has 8 heteroatoms. The maximum atomic E-state index is 12.7. The lowest BCUT2D eigenvalue weighted by Gasteiger charge is -2.16. The van der Waals surface area contributed by atoms with Gasteiger partial charge in [-0.05, 0) is 23.8 Å². The van der Waals surface area contributed by atoms with E-state index < -0.39 is 21.6 Å². The molecule has 3 rings (SSSR count). The molecule has 0 radical (unpaired) electrons. The summed E-state index contributed by atoms with van der Waals surface area (Å²) in [6, 6.07) is 11.4. The van der Waals surface area contributed by atoms with Gasteiger partial charge in [-0.25, -0.2) is 9.97 Å². The monoisotopic (exact) mass is 376 g/mol. The Labute approximate surface area is 151 Å². The van der Waals surface area contributed by atoms with E-state index in [1.165, 1.54) is 0 Å². The van der Waals surface area contributed by atoms with Gasteiger partial charge in [-0.1, -0.05) is 25.1 Å². The molecule has 25 heavy (non-hydrogen) atoms. The van der Waals surface area contributed by atoms with Crippen LogP contribution in [-0.4, -0.2) is 43.2 Å². The molecule has 2 unspecified atom stereocenters. The summed E-state index contributed by atoms with van der Waals surface area (Å²) in [5.74, 6) is 0.866. The standard InChI is InChI=1S/C17H20N4O2S2/c1-4-24(22)15-10-9-13-16(19-15)20-17(18-13)25(23)11-12-7-5-6-8-14(12)21(2)3/h5-10H,4,11H2,1-3H3,(H,18,19,20). The average molecular weight is 377 g/mol. The predicted molar refractivity (Wildman–Crippen MR) is 102 cm³/mol. The minimum absolute atomic E-state index is 0.363. The van der Waals surface area contributed by atoms with Crippen LogP contribution in [0.15, 0.2) is 46.6 Å². The summed E-state index contributed by atoms with van der Waals surface area (Å²) >= 11 is 0. The lowest BCUT2D eigenvalue weighted by molar-refractivity contribution is 0.677. The highest BCUT2D eigenvalue weighted by Crippen LogP contribution is 2.22. The van der Waals surface area contributed by atoms with Gasteiger partial charge in [-0.15, -0.1) is 0 Å². The number of aromatic nitrogens is 3. The lowest BCUT2D eigenvalue weighted by atomic mass is 10.2. The Balaban J connectivity index is 1.89. The van der Waals surface area contributed by atoms with E-state index in [0.29, 0.717) is 32.9 Å². The van der Waals surface area contributed by atoms with Crippen LogP contribution in [0.25, 0.3) is 11.2 Å². The number of hydrogen-bond acceptors (Lipinski definition) is 5. The second-order valence-corrected chi connectivity index (χ2v) is 8.76. The topological polar surface area (TPSA) is 79.0 Å². The van der Waals surface area contributed by atoms with Crippen LogP contribution in [0.5, 0.6) is 0 Å². The summed E-state index contributed by atoms with van der Waals surface area (Å²) in [4.78, 5) is 13.7. The zero-order valence-electron chi connectivity index (χ0n) is 14.4. The van der Waals surface area contributed by atoms with Crippen molar-refractivity contribution in [3.8, 4) is 0 Å². The number of para-hydroxylation sites is 1. The molecule has 1 N–H and O–H groups in total. The first-order valence-corrected chi connectivity index (χ1v) is 10.5. The summed E-state index contributed by atoms with van der Waals surface area (Å²) in [7, 11) is 1.46. The van der Waals surface area contributed by atoms with Gasteiger partial charge in [0.05, 0.1) is 32.9 Å². The lowest BCUT2D eigenvalue weighted by Crippen LogP contribution is -2.12. The molecule has 2 atom stereocenters. The molecule has 2 aromatic heterocycles. The van der Waals surface area contributed by atoms with Crippen LogP contribution >= 0.6 is 0 Å². The van der Waals surface area contributed by atoms with Crippen molar-refractivity contribution < 1.29 is 8.42 Å². The van der Waals surface area contributed by atoms with Gasteiger partial charge < -0.3 is 9.88 Å². The minimum Gasteiger partial charge on any atom is -0.377 e. The molecule has 0 spiro atoms. The van der Waals surface area contributed by atoms with Gasteiger partial charge in [-0.2, -0.15) is 0 Å². The first kappa shape index (κ1) is 17.8. The maximum Gasteiger partial charge on any atom is 0.199 e. The number of nitrogens with zero attached hydrogens (tertiary/aromatic N) is 3. The molecule has 0 amide bonds. The highest BCUT2D eigenvalue weighted by Gasteiger charge is 2.15. The smallest absolute Gasteiger partial charge is 0.199 e. The Morgan fingerprint density at radius 2 is 1.80 bits per heavy atom. The molecule has 0 aliphatic carbocycles. The van der Waals surface area contributed by atoms with Gasteiger partial charge in [0, 0.05) is 25.5 Å². The van der Waals surface area contributed by atoms with Gasteiger partial charge in [0.15, 0.2) is 10.8 Å². The molecule has 0 bridgehead atoms. The van der Waals surface area contributed by atoms with Crippen LogP contribution in [0, 0.1) is 0 Å². The van der Waals surface area contributed by atoms with Gasteiger partial charge in [0.25, 0.3) is 0 Å². The second-order valence-electron chi connectivity index (χ2n) is 5.71. The van der Waals surface area contributed by atoms with Crippen molar-refractivity contribution in [2.75, 3.05) is 24.7 Å². The summed E-state index contributed by atoms with van der Waals surface area (Å²) in [5, 5.41) is 0.882. The molecule has 0 saturated heterocycles. The first-order chi connectivity index (χ1) is 12.0. The van der Waals surface area contributed by atoms with Crippen LogP contribution in [0.4, 0.5) is 5.69 Å². The normalized spacial score (nSPS) is 13.7. The van der Waals surface area contributed by atoms with Crippen LogP contribution < -0.4 is 4.90 Å². The van der Waals surface area contributed by atoms with E-state index in [2.05, 4.69) is 15.0 Å². The SMILES string of the molecule is CCS(=O)c1ccc2[nH]c(S(=O)Cc3ccccc3N(C)C)nc2n1. The molecule has 0 aliphatic heterocycles. The fourth-order valence-corrected chi connectivity index (χ4v) is 4.29. The molecule has 132 valence electrons. The fraction of sp³-hybridized carbons (Fsp3) is 0.294. The summed E-state index contributed by atoms with van der Waals surface area (Å²) in [6.45, 7) is 1.84. The van der Waals surface area contributed by atoms with Crippen molar-refractivity contribution in [2.45, 2.75) is 22.9 Å². The van der Waals surface area contributed by atoms with Crippen molar-refractivity contribution in [2.24, 2.45) is 0 Å². The van der Waals surface area contributed by atoms with E-state index in [0.717, 1.165) is 11.3 Å². The van der Waals surface area contributed by atoms with Crippen molar-refractivity contribution in [3.05, 3.63) is 42.0 Å². The number of hydrogen-bond donors (Lipinski definition) is 1. The highest BCUT2D eigenvalue weighted by atomic mass is 32.2. The van der Waals surface area contributed by atoms with E-state index in [1.807, 2.05) is 50.2 Å². The van der Waals surface area contributed by atoms with E-state index >= 15 is 0 Å². The number of pyridine rings is 1. The summed E-state index contributed by atoms with van der Waals surface area (Å²) in [5.41, 5.74) is 3.17. The number of nitrogens with one attached hydrogen (secondary N) is 1. The van der Waals surface area contributed by atoms with Crippen LogP contribution in [0.1, 0.15) is 12.5 Å². The van der Waals surface area contributed by atoms with Crippen molar-refractivity contribution >= 4 is 38.5 Å². The molecule has 0 aliphatic rings. The zero-order chi connectivity index (χ0) is 18.0. The Morgan fingerprint density at radius 1 is 1.04 bits per heavy atom. The van der Waals surface area contributed by atoms with Crippen LogP contribution in [0.3, 0.4) is 0 Å². The number of fused-ring (bicyclic) bond motifs is 1. The third-order valence-electron chi connectivity index (χ3n) is 3.77. The molecule has 3 aromatic rings. The maximum absolute atomic E-state index is 12.7. The minimum atomic E-state index is -1.32. The van der Waals surface area contributed by atoms with Gasteiger partial charge >= 0.3 is 0 Å². The first-order valence-electron chi connectivity index (χ1n) is 7.88. The molecular formula is C17H20N4O2S2. The Morgan fingerprint density at radius 3 is 2.52 bits per heavy atom. The highest BCUT2D eigenvalue weighted by molar-refractivity contribution is 7.85. The van der Waals surface area contributed by atoms with Gasteiger partial charge in [0.2, 0.25) is 0 Å². The Kier molecular flexibility index (Phi) is 5.29. The number of imidazole rings is 1. The number of benzene rings is 1. The summed E-state index contributed by atoms with van der Waals surface area (Å²) < 4.78 is 24.6. The van der Waals surface area contributed by atoms with E-state index in [4.69, 9.17) is 0 Å². The number of aromatic amines is 1. The number of anilines is 1. The zero-order valence-corrected chi connectivity index (χ0v) is 16.0. The second kappa shape index (κ2) is 7.45. The third-order valence-corrected chi connectivity index (χ3v) is 6.19. The number of H-pyrrole nitrogens is 1. The quantitative estimate of drug-likeness (QED) is 0.715. The molecule has 0 saturated carbocycles. The van der Waals surface area contributed by atoms with E-state index in [-0.39, 0.29) is 0 Å². The molecule has 0 fully saturated rings. The molecule has 2 heterocycles. The molecule has 1 aromatic carbocycles. The van der Waals surface area contributed by atoms with Gasteiger partial charge in [-0.3, -0.25) is 8.42 Å². The number of rotatable bonds is 6. The van der Waals surface area contributed by atoms with Crippen molar-refractivity contribution in [1.29, 1.82) is 0 Å². The van der Waals surface area contributed by atoms with E-state index in [1.54, 1.807) is 12.1 Å². The molecular weight excluding hydrogens is 356 g/mol. The Hall–Kier alpha value is -2.06. The van der Waals surface area contributed by atoms with E-state index in [9.17, 15) is 8.42 Å². The third kappa shape index (κ3) is 3.80. The molecule has 6 nitrogen and oxygen atoms in total. The van der Waals surface area contributed by atoms with Crippen molar-refractivity contribution in [3.63, 3.8) is 0 Å². The van der Waals surface area contributed by atoms with Crippen LogP contribution in [-0.2, 0) is 27.4 Å². The average Bonchev–Trinajstić information content (AvgIpc) is 3.04. The Bertz CT molecular complexity index is 953. The fourth-order valence-electron chi connectivity index (χ4n) is 2.51. The summed E-state index contributed by atoms with van der Waals surface area (Å²) in [6.07, 6.45) is 0. The van der Waals surface area contributed by atoms with Crippen molar-refractivity contribution in [1.82, 2.24) is 15.0 Å². The van der Waals surface area contributed by atoms with Crippen LogP contribution in [0.2, 0.25) is 0 Å². The predicted octanol–water partition coefficient (Wildman–Crippen LogP) is 2.46. The van der Waals surface area contributed by atoms with Gasteiger partial charge in [0.1, 0.15) is 5.03 Å². The largest absolute Gasteiger partial charge is 0.377 e.